The molecule has 0 saturated heterocycles. The van der Waals surface area contributed by atoms with Crippen molar-refractivity contribution in [2.75, 3.05) is 0 Å². The summed E-state index contributed by atoms with van der Waals surface area (Å²) in [6.07, 6.45) is -7.33. The third-order valence-corrected chi connectivity index (χ3v) is 0. The molecule has 0 aliphatic heterocycles. The van der Waals surface area contributed by atoms with Gasteiger partial charge in [0.1, 0.15) is 0 Å². The predicted molar refractivity (Wildman–Crippen MR) is 244 cm³/mol. The first kappa shape index (κ1) is 271. The van der Waals surface area contributed by atoms with Gasteiger partial charge in [-0.1, -0.05) is 0 Å². The quantitative estimate of drug-likeness (QED) is 0.106. The van der Waals surface area contributed by atoms with E-state index in [0.717, 1.165) is 0 Å². The molecule has 47 heteroatoms. The summed E-state index contributed by atoms with van der Waals surface area (Å²) in [4.78, 5) is 34.2. The van der Waals surface area contributed by atoms with Crippen LogP contribution in [0.1, 0.15) is 0 Å². The Morgan fingerprint density at radius 3 is 0.137 bits per heavy atom. The van der Waals surface area contributed by atoms with Crippen molar-refractivity contribution in [1.29, 1.82) is 0 Å². The number of rotatable bonds is 0. The summed E-state index contributed by atoms with van der Waals surface area (Å²) in [7, 11) is 0. The molecular weight excluding hydrogens is 1640 g/mol. The van der Waals surface area contributed by atoms with Gasteiger partial charge in [0.2, 0.25) is 0 Å². The van der Waals surface area contributed by atoms with Gasteiger partial charge in [0.25, 0.3) is 0 Å². The Labute approximate surface area is 1350 Å². The van der Waals surface area contributed by atoms with Gasteiger partial charge in [0.05, 0.1) is 0 Å². The summed E-state index contributed by atoms with van der Waals surface area (Å²) in [6, 6.07) is 0. The van der Waals surface area contributed by atoms with Crippen LogP contribution in [-0.2, 0) is 0 Å². The van der Waals surface area contributed by atoms with Crippen LogP contribution in [0, 0.1) is 0 Å². The fourth-order valence-corrected chi connectivity index (χ4v) is 0. The number of hydrogen-bond donors (Lipinski definition) is 8. The van der Waals surface area contributed by atoms with Crippen LogP contribution in [0.5, 0.6) is 0 Å². The molecule has 0 saturated carbocycles. The van der Waals surface area contributed by atoms with Crippen LogP contribution in [0.25, 0.3) is 0 Å². The van der Waals surface area contributed by atoms with E-state index in [1.807, 2.05) is 0 Å². The molecule has 96 valence electrons. The predicted octanol–water partition coefficient (Wildman–Crippen LogP) is -12.4. The minimum absolute atomic E-state index is 0. The van der Waals surface area contributed by atoms with Crippen molar-refractivity contribution in [1.82, 2.24) is 0 Å². The van der Waals surface area contributed by atoms with Crippen molar-refractivity contribution in [3.05, 3.63) is 0 Å². The van der Waals surface area contributed by atoms with E-state index < -0.39 is 24.6 Å². The van der Waals surface area contributed by atoms with E-state index in [0.29, 0.717) is 0 Å². The van der Waals surface area contributed by atoms with E-state index in [9.17, 15) is 0 Å². The fraction of sp³-hybridized carbons (Fsp3) is 0. The second-order valence-corrected chi connectivity index (χ2v) is 1.13. The first-order chi connectivity index (χ1) is 6.93. The molecular formula is C4H8Ca35O12+70. The van der Waals surface area contributed by atoms with Gasteiger partial charge in [-0.25, -0.2) is 19.2 Å². The van der Waals surface area contributed by atoms with Crippen molar-refractivity contribution in [3.8, 4) is 0 Å². The Hall–Kier alpha value is 41.2. The third kappa shape index (κ3) is 428. The standard InChI is InChI=1S/4CH2O3.35Ca/c4*2-1(3)4;;;;;;;;;;;;;;;;;;;;;;;;;;;;;;;;;;;/h4*(H2,2,3,4);;;;;;;;;;;;;;;;;;;;;;;;;;;;;;;;;;;/q;;;;35*+2. The molecule has 0 aromatic carbocycles. The molecule has 0 rings (SSSR count). The summed E-state index contributed by atoms with van der Waals surface area (Å²) in [6.45, 7) is 0. The summed E-state index contributed by atoms with van der Waals surface area (Å²) < 4.78 is 0. The van der Waals surface area contributed by atoms with Crippen LogP contribution in [0.2, 0.25) is 0 Å². The van der Waals surface area contributed by atoms with Crippen LogP contribution in [0.15, 0.2) is 0 Å². The maximum atomic E-state index is 8.56. The first-order valence-electron chi connectivity index (χ1n) is 2.61. The van der Waals surface area contributed by atoms with Gasteiger partial charge in [0.15, 0.2) is 0 Å². The molecule has 0 amide bonds. The Morgan fingerprint density at radius 1 is 0.137 bits per heavy atom. The molecule has 8 N–H and O–H groups in total. The molecule has 0 aliphatic carbocycles. The zero-order chi connectivity index (χ0) is 14.3. The molecule has 0 spiro atoms. The minimum Gasteiger partial charge on any atom is -0.450 e. The molecule has 0 fully saturated rings. The van der Waals surface area contributed by atoms with Gasteiger partial charge >= 0.3 is 1350 Å². The Morgan fingerprint density at radius 2 is 0.137 bits per heavy atom. The number of carbonyl (C=O) groups is 4. The maximum Gasteiger partial charge on any atom is 2.00 e. The Kier molecular flexibility index (Phi) is 1390. The largest absolute Gasteiger partial charge is 2.00 e. The molecule has 0 bridgehead atoms. The molecule has 0 radical (unpaired) electrons. The first-order valence-corrected chi connectivity index (χ1v) is 2.61. The molecule has 0 aromatic heterocycles. The summed E-state index contributed by atoms with van der Waals surface area (Å²) in [5.74, 6) is 0. The zero-order valence-electron chi connectivity index (χ0n) is 32.0. The van der Waals surface area contributed by atoms with Crippen molar-refractivity contribution >= 4 is 1350 Å². The SMILES string of the molecule is O=C(O)O.O=C(O)O.O=C(O)O.O=C(O)O.[Ca+2].[Ca+2].[Ca+2].[Ca+2].[Ca+2].[Ca+2].[Ca+2].[Ca+2].[Ca+2].[Ca+2].[Ca+2].[Ca+2].[Ca+2].[Ca+2].[Ca+2].[Ca+2].[Ca+2].[Ca+2].[Ca+2].[Ca+2].[Ca+2].[Ca+2].[Ca+2].[Ca+2].[Ca+2].[Ca+2].[Ca+2].[Ca+2].[Ca+2].[Ca+2].[Ca+2].[Ca+2].[Ca+2].[Ca+2].[Ca+2]. The van der Waals surface area contributed by atoms with Crippen LogP contribution in [0.3, 0.4) is 0 Å². The molecule has 0 atom stereocenters. The second-order valence-electron chi connectivity index (χ2n) is 1.13. The van der Waals surface area contributed by atoms with Crippen molar-refractivity contribution in [2.24, 2.45) is 0 Å². The van der Waals surface area contributed by atoms with Gasteiger partial charge in [-0.2, -0.15) is 0 Å². The van der Waals surface area contributed by atoms with E-state index >= 15 is 0 Å². The molecule has 12 nitrogen and oxygen atoms in total. The van der Waals surface area contributed by atoms with Crippen LogP contribution < -0.4 is 0 Å². The molecule has 0 unspecified atom stereocenters. The average Bonchev–Trinajstić information content (AvgIpc) is 1.76. The van der Waals surface area contributed by atoms with Gasteiger partial charge in [0, 0.05) is 0 Å². The summed E-state index contributed by atoms with van der Waals surface area (Å²) in [5, 5.41) is 55.8. The van der Waals surface area contributed by atoms with Crippen molar-refractivity contribution in [2.45, 2.75) is 0 Å². The van der Waals surface area contributed by atoms with Crippen molar-refractivity contribution < 1.29 is 60.0 Å². The van der Waals surface area contributed by atoms with Gasteiger partial charge in [-0.15, -0.1) is 0 Å². The monoisotopic (exact) mass is 1650 g/mol. The molecule has 0 aromatic rings. The second kappa shape index (κ2) is 262. The minimum atomic E-state index is -1.83. The van der Waals surface area contributed by atoms with Crippen LogP contribution >= 0.6 is 0 Å². The van der Waals surface area contributed by atoms with Crippen LogP contribution in [-0.4, -0.2) is 1390 Å². The van der Waals surface area contributed by atoms with E-state index in [4.69, 9.17) is 60.0 Å². The average molecular weight is 1650 g/mol. The Bertz CT molecular complexity index is 199. The molecule has 51 heavy (non-hydrogen) atoms. The summed E-state index contributed by atoms with van der Waals surface area (Å²) >= 11 is 0. The Balaban J connectivity index is -0.000000000828. The van der Waals surface area contributed by atoms with Gasteiger partial charge in [-0.3, -0.25) is 0 Å². The zero-order valence-corrected chi connectivity index (χ0v) is 109. The number of hydrogen-bond acceptors (Lipinski definition) is 4. The maximum absolute atomic E-state index is 8.56. The van der Waals surface area contributed by atoms with E-state index in [2.05, 4.69) is 0 Å². The summed E-state index contributed by atoms with van der Waals surface area (Å²) in [5.41, 5.74) is 0. The van der Waals surface area contributed by atoms with Crippen LogP contribution in [0.4, 0.5) is 19.2 Å². The van der Waals surface area contributed by atoms with E-state index in [1.165, 1.54) is 0 Å². The topological polar surface area (TPSA) is 230 Å². The van der Waals surface area contributed by atoms with Gasteiger partial charge in [-0.05, 0) is 0 Å². The van der Waals surface area contributed by atoms with Crippen molar-refractivity contribution in [3.63, 3.8) is 0 Å². The fourth-order valence-electron chi connectivity index (χ4n) is 0. The van der Waals surface area contributed by atoms with Gasteiger partial charge < -0.3 is 40.9 Å². The smallest absolute Gasteiger partial charge is 0.450 e. The number of carboxylic acid groups (broad SMARTS) is 8. The normalized spacial score (nSPS) is 1.88. The van der Waals surface area contributed by atoms with E-state index in [1.54, 1.807) is 0 Å². The molecule has 0 aliphatic rings. The van der Waals surface area contributed by atoms with E-state index in [-0.39, 0.29) is 1320 Å². The molecule has 0 heterocycles. The third-order valence-electron chi connectivity index (χ3n) is 0.